The van der Waals surface area contributed by atoms with Gasteiger partial charge in [-0.3, -0.25) is 9.89 Å². The van der Waals surface area contributed by atoms with E-state index >= 15 is 0 Å². The Balaban J connectivity index is 1.73. The van der Waals surface area contributed by atoms with Gasteiger partial charge in [0.2, 0.25) is 5.43 Å². The fourth-order valence-electron chi connectivity index (χ4n) is 3.17. The van der Waals surface area contributed by atoms with Gasteiger partial charge in [0.15, 0.2) is 5.69 Å². The van der Waals surface area contributed by atoms with Crippen molar-refractivity contribution < 1.29 is 0 Å². The molecule has 0 radical (unpaired) electrons. The second-order valence-electron chi connectivity index (χ2n) is 6.70. The number of benzene rings is 2. The minimum Gasteiger partial charge on any atom is -0.354 e. The van der Waals surface area contributed by atoms with Gasteiger partial charge in [0.1, 0.15) is 0 Å². The molecule has 4 aromatic rings. The van der Waals surface area contributed by atoms with E-state index in [2.05, 4.69) is 26.7 Å². The van der Waals surface area contributed by atoms with Crippen molar-refractivity contribution in [3.8, 4) is 16.8 Å². The van der Waals surface area contributed by atoms with Gasteiger partial charge in [-0.15, -0.1) is 0 Å². The van der Waals surface area contributed by atoms with E-state index in [0.29, 0.717) is 5.70 Å². The summed E-state index contributed by atoms with van der Waals surface area (Å²) in [4.78, 5) is 12.6. The molecule has 7 nitrogen and oxygen atoms in total. The Hall–Kier alpha value is -4.26. The van der Waals surface area contributed by atoms with Crippen molar-refractivity contribution in [1.82, 2.24) is 20.0 Å². The van der Waals surface area contributed by atoms with Crippen LogP contribution in [-0.2, 0) is 0 Å². The molecule has 2 heterocycles. The number of nitrogens with one attached hydrogen (secondary N) is 3. The third-order valence-corrected chi connectivity index (χ3v) is 4.64. The lowest BCUT2D eigenvalue weighted by Crippen LogP contribution is -2.18. The average molecular weight is 396 g/mol. The third-order valence-electron chi connectivity index (χ3n) is 4.64. The standard InChI is InChI=1S/C23H20N6O/c1-16-13-17(18-14-25-26-15-18)7-8-21(16)29-12-10-22(30)23(28-29)20(9-11-24)27-19-5-3-2-4-6-19/h2-15,24,27H,1H3,(H,25,26)/b20-9-,24-11?. The first-order valence-corrected chi connectivity index (χ1v) is 9.39. The number of nitrogens with zero attached hydrogens (tertiary/aromatic N) is 3. The Bertz CT molecular complexity index is 1260. The van der Waals surface area contributed by atoms with Crippen molar-refractivity contribution in [2.75, 3.05) is 5.32 Å². The molecular formula is C23H20N6O. The molecule has 7 heteroatoms. The molecule has 0 unspecified atom stereocenters. The highest BCUT2D eigenvalue weighted by atomic mass is 16.1. The number of aromatic nitrogens is 4. The van der Waals surface area contributed by atoms with Gasteiger partial charge in [0.05, 0.1) is 17.6 Å². The highest BCUT2D eigenvalue weighted by molar-refractivity contribution is 5.86. The summed E-state index contributed by atoms with van der Waals surface area (Å²) in [5.41, 5.74) is 5.19. The topological polar surface area (TPSA) is 99.5 Å². The molecule has 0 aliphatic rings. The van der Waals surface area contributed by atoms with Crippen LogP contribution < -0.4 is 10.7 Å². The zero-order valence-electron chi connectivity index (χ0n) is 16.3. The maximum Gasteiger partial charge on any atom is 0.209 e. The molecule has 0 aliphatic heterocycles. The van der Waals surface area contributed by atoms with Crippen molar-refractivity contribution >= 4 is 17.6 Å². The molecule has 0 amide bonds. The predicted octanol–water partition coefficient (Wildman–Crippen LogP) is 4.03. The van der Waals surface area contributed by atoms with E-state index < -0.39 is 0 Å². The largest absolute Gasteiger partial charge is 0.354 e. The Morgan fingerprint density at radius 3 is 2.67 bits per heavy atom. The fraction of sp³-hybridized carbons (Fsp3) is 0.0435. The highest BCUT2D eigenvalue weighted by Gasteiger charge is 2.12. The number of H-pyrrole nitrogens is 1. The molecule has 0 saturated heterocycles. The molecule has 3 N–H and O–H groups in total. The number of hydrogen-bond acceptors (Lipinski definition) is 5. The maximum atomic E-state index is 12.6. The van der Waals surface area contributed by atoms with Crippen molar-refractivity contribution in [3.63, 3.8) is 0 Å². The lowest BCUT2D eigenvalue weighted by atomic mass is 10.1. The van der Waals surface area contributed by atoms with E-state index in [-0.39, 0.29) is 11.1 Å². The van der Waals surface area contributed by atoms with Crippen LogP contribution in [-0.4, -0.2) is 26.2 Å². The number of anilines is 1. The first kappa shape index (κ1) is 19.1. The van der Waals surface area contributed by atoms with E-state index in [1.54, 1.807) is 17.1 Å². The Morgan fingerprint density at radius 1 is 1.13 bits per heavy atom. The van der Waals surface area contributed by atoms with Crippen LogP contribution >= 0.6 is 0 Å². The SMILES string of the molecule is Cc1cc(-c2cn[nH]c2)ccc1-n1ccc(=O)c(/C(=C/C=N)Nc2ccccc2)n1. The number of aryl methyl sites for hydroxylation is 1. The molecule has 0 saturated carbocycles. The van der Waals surface area contributed by atoms with Crippen LogP contribution in [0.4, 0.5) is 5.69 Å². The summed E-state index contributed by atoms with van der Waals surface area (Å²) in [5.74, 6) is 0. The normalized spacial score (nSPS) is 11.3. The van der Waals surface area contributed by atoms with Gasteiger partial charge in [0.25, 0.3) is 0 Å². The van der Waals surface area contributed by atoms with Crippen LogP contribution in [0, 0.1) is 12.3 Å². The summed E-state index contributed by atoms with van der Waals surface area (Å²) in [6.07, 6.45) is 7.92. The molecule has 0 fully saturated rings. The van der Waals surface area contributed by atoms with Gasteiger partial charge in [-0.25, -0.2) is 4.68 Å². The molecule has 0 aliphatic carbocycles. The number of rotatable bonds is 6. The van der Waals surface area contributed by atoms with Crippen molar-refractivity contribution in [1.29, 1.82) is 5.41 Å². The minimum absolute atomic E-state index is 0.226. The summed E-state index contributed by atoms with van der Waals surface area (Å²) >= 11 is 0. The van der Waals surface area contributed by atoms with Crippen LogP contribution in [0.25, 0.3) is 22.5 Å². The Morgan fingerprint density at radius 2 is 1.97 bits per heavy atom. The zero-order valence-corrected chi connectivity index (χ0v) is 16.3. The summed E-state index contributed by atoms with van der Waals surface area (Å²) in [5, 5.41) is 22.0. The molecule has 0 spiro atoms. The van der Waals surface area contributed by atoms with Crippen molar-refractivity contribution in [3.05, 3.63) is 101 Å². The lowest BCUT2D eigenvalue weighted by Gasteiger charge is -2.14. The second-order valence-corrected chi connectivity index (χ2v) is 6.70. The van der Waals surface area contributed by atoms with Crippen LogP contribution in [0.2, 0.25) is 0 Å². The number of para-hydroxylation sites is 1. The van der Waals surface area contributed by atoms with E-state index in [1.807, 2.05) is 55.6 Å². The van der Waals surface area contributed by atoms with Gasteiger partial charge in [-0.05, 0) is 48.4 Å². The fourth-order valence-corrected chi connectivity index (χ4v) is 3.17. The molecule has 0 bridgehead atoms. The summed E-state index contributed by atoms with van der Waals surface area (Å²) in [7, 11) is 0. The molecule has 2 aromatic carbocycles. The zero-order chi connectivity index (χ0) is 20.9. The molecule has 148 valence electrons. The number of allylic oxidation sites excluding steroid dienone is 1. The van der Waals surface area contributed by atoms with Gasteiger partial charge in [-0.1, -0.05) is 24.3 Å². The maximum absolute atomic E-state index is 12.6. The number of aromatic amines is 1. The van der Waals surface area contributed by atoms with Gasteiger partial charge >= 0.3 is 0 Å². The second kappa shape index (κ2) is 8.40. The summed E-state index contributed by atoms with van der Waals surface area (Å²) < 4.78 is 1.68. The van der Waals surface area contributed by atoms with E-state index in [9.17, 15) is 4.79 Å². The van der Waals surface area contributed by atoms with Crippen LogP contribution in [0.5, 0.6) is 0 Å². The third kappa shape index (κ3) is 3.95. The predicted molar refractivity (Wildman–Crippen MR) is 119 cm³/mol. The van der Waals surface area contributed by atoms with Gasteiger partial charge < -0.3 is 10.7 Å². The smallest absolute Gasteiger partial charge is 0.209 e. The van der Waals surface area contributed by atoms with E-state index in [4.69, 9.17) is 5.41 Å². The monoisotopic (exact) mass is 396 g/mol. The van der Waals surface area contributed by atoms with Crippen LogP contribution in [0.15, 0.2) is 84.1 Å². The Kier molecular flexibility index (Phi) is 5.34. The van der Waals surface area contributed by atoms with Crippen molar-refractivity contribution in [2.24, 2.45) is 0 Å². The summed E-state index contributed by atoms with van der Waals surface area (Å²) in [6.45, 7) is 1.99. The molecule has 2 aromatic heterocycles. The molecule has 0 atom stereocenters. The highest BCUT2D eigenvalue weighted by Crippen LogP contribution is 2.23. The lowest BCUT2D eigenvalue weighted by molar-refractivity contribution is 0.819. The first-order chi connectivity index (χ1) is 14.7. The van der Waals surface area contributed by atoms with Crippen molar-refractivity contribution in [2.45, 2.75) is 6.92 Å². The van der Waals surface area contributed by atoms with Crippen LogP contribution in [0.3, 0.4) is 0 Å². The van der Waals surface area contributed by atoms with Gasteiger partial charge in [0, 0.05) is 35.9 Å². The van der Waals surface area contributed by atoms with Gasteiger partial charge in [-0.2, -0.15) is 10.2 Å². The molecular weight excluding hydrogens is 376 g/mol. The minimum atomic E-state index is -0.226. The average Bonchev–Trinajstić information content (AvgIpc) is 3.30. The van der Waals surface area contributed by atoms with E-state index in [1.165, 1.54) is 12.1 Å². The van der Waals surface area contributed by atoms with E-state index in [0.717, 1.165) is 34.3 Å². The Labute approximate surface area is 173 Å². The molecule has 4 rings (SSSR count). The summed E-state index contributed by atoms with van der Waals surface area (Å²) in [6, 6.07) is 17.0. The number of hydrogen-bond donors (Lipinski definition) is 3. The quantitative estimate of drug-likeness (QED) is 0.428. The van der Waals surface area contributed by atoms with Crippen LogP contribution in [0.1, 0.15) is 11.3 Å². The first-order valence-electron chi connectivity index (χ1n) is 9.39. The molecule has 30 heavy (non-hydrogen) atoms.